The molecule has 3 N–H and O–H groups in total. The Morgan fingerprint density at radius 2 is 1.84 bits per heavy atom. The van der Waals surface area contributed by atoms with Crippen LogP contribution in [-0.2, 0) is 6.18 Å². The summed E-state index contributed by atoms with van der Waals surface area (Å²) < 4.78 is 56.1. The van der Waals surface area contributed by atoms with Crippen LogP contribution in [0.1, 0.15) is 35.5 Å². The van der Waals surface area contributed by atoms with Crippen LogP contribution in [0.3, 0.4) is 0 Å². The van der Waals surface area contributed by atoms with Gasteiger partial charge in [0, 0.05) is 54.8 Å². The first-order valence-electron chi connectivity index (χ1n) is 11.4. The van der Waals surface area contributed by atoms with Crippen molar-refractivity contribution in [1.82, 2.24) is 15.3 Å². The highest BCUT2D eigenvalue weighted by atomic mass is 35.5. The van der Waals surface area contributed by atoms with Crippen LogP contribution in [0.25, 0.3) is 11.1 Å². The lowest BCUT2D eigenvalue weighted by atomic mass is 10.0. The van der Waals surface area contributed by atoms with E-state index in [0.29, 0.717) is 47.3 Å². The average Bonchev–Trinajstić information content (AvgIpc) is 2.80. The van der Waals surface area contributed by atoms with E-state index in [1.165, 1.54) is 24.4 Å². The second-order valence-corrected chi connectivity index (χ2v) is 9.50. The average molecular weight is 538 g/mol. The molecule has 0 saturated carbocycles. The van der Waals surface area contributed by atoms with Gasteiger partial charge in [-0.1, -0.05) is 11.6 Å². The number of rotatable bonds is 4. The lowest BCUT2D eigenvalue weighted by Gasteiger charge is -2.38. The molecule has 0 bridgehead atoms. The molecule has 0 radical (unpaired) electrons. The zero-order valence-electron chi connectivity index (χ0n) is 20.1. The number of nitrogens with one attached hydrogen (secondary N) is 3. The van der Waals surface area contributed by atoms with Crippen LogP contribution in [0.2, 0.25) is 5.02 Å². The molecule has 2 atom stereocenters. The van der Waals surface area contributed by atoms with Crippen LogP contribution in [-0.4, -0.2) is 41.0 Å². The van der Waals surface area contributed by atoms with Crippen LogP contribution < -0.4 is 21.1 Å². The van der Waals surface area contributed by atoms with Gasteiger partial charge in [-0.15, -0.1) is 0 Å². The molecular weight excluding hydrogens is 514 g/mol. The van der Waals surface area contributed by atoms with E-state index in [4.69, 9.17) is 11.6 Å². The lowest BCUT2D eigenvalue weighted by molar-refractivity contribution is -0.138. The number of piperazine rings is 1. The van der Waals surface area contributed by atoms with Gasteiger partial charge in [-0.3, -0.25) is 14.6 Å². The van der Waals surface area contributed by atoms with Crippen LogP contribution in [0.5, 0.6) is 0 Å². The molecule has 1 unspecified atom stereocenters. The molecule has 37 heavy (non-hydrogen) atoms. The molecular formula is C25H24ClF4N5O2. The maximum absolute atomic E-state index is 15.4. The van der Waals surface area contributed by atoms with Gasteiger partial charge in [-0.25, -0.2) is 4.39 Å². The molecule has 196 valence electrons. The largest absolute Gasteiger partial charge is 0.417 e. The summed E-state index contributed by atoms with van der Waals surface area (Å²) >= 11 is 6.17. The molecule has 12 heteroatoms. The summed E-state index contributed by atoms with van der Waals surface area (Å²) in [6.45, 7) is 6.52. The number of carbonyl (C=O) groups is 1. The molecule has 4 rings (SSSR count). The van der Waals surface area contributed by atoms with Crippen molar-refractivity contribution in [3.63, 3.8) is 0 Å². The number of hydrogen-bond acceptors (Lipinski definition) is 5. The van der Waals surface area contributed by atoms with E-state index in [1.54, 1.807) is 6.92 Å². The van der Waals surface area contributed by atoms with E-state index in [-0.39, 0.29) is 23.3 Å². The highest BCUT2D eigenvalue weighted by molar-refractivity contribution is 6.31. The van der Waals surface area contributed by atoms with Crippen molar-refractivity contribution in [2.45, 2.75) is 39.0 Å². The third-order valence-electron chi connectivity index (χ3n) is 6.04. The number of nitrogens with zero attached hydrogens (tertiary/aromatic N) is 2. The van der Waals surface area contributed by atoms with Crippen LogP contribution in [0, 0.1) is 12.7 Å². The van der Waals surface area contributed by atoms with Crippen molar-refractivity contribution >= 4 is 28.9 Å². The number of alkyl halides is 3. The van der Waals surface area contributed by atoms with Crippen molar-refractivity contribution in [2.75, 3.05) is 23.3 Å². The van der Waals surface area contributed by atoms with Gasteiger partial charge < -0.3 is 20.5 Å². The molecule has 1 amide bonds. The topological polar surface area (TPSA) is 90.1 Å². The molecule has 0 spiro atoms. The van der Waals surface area contributed by atoms with E-state index in [2.05, 4.69) is 20.6 Å². The number of benzene rings is 1. The maximum atomic E-state index is 15.4. The summed E-state index contributed by atoms with van der Waals surface area (Å²) in [5, 5.41) is 6.16. The molecule has 1 saturated heterocycles. The van der Waals surface area contributed by atoms with Crippen molar-refractivity contribution in [1.29, 1.82) is 0 Å². The first-order chi connectivity index (χ1) is 17.3. The van der Waals surface area contributed by atoms with Crippen LogP contribution in [0.15, 0.2) is 41.5 Å². The fraction of sp³-hybridized carbons (Fsp3) is 0.320. The lowest BCUT2D eigenvalue weighted by Crippen LogP contribution is -2.54. The van der Waals surface area contributed by atoms with E-state index in [0.717, 1.165) is 0 Å². The molecule has 0 aliphatic carbocycles. The predicted molar refractivity (Wildman–Crippen MR) is 134 cm³/mol. The van der Waals surface area contributed by atoms with Crippen molar-refractivity contribution < 1.29 is 22.4 Å². The Kier molecular flexibility index (Phi) is 7.29. The zero-order chi connectivity index (χ0) is 27.1. The maximum Gasteiger partial charge on any atom is 0.417 e. The number of anilines is 2. The van der Waals surface area contributed by atoms with E-state index in [1.807, 2.05) is 18.7 Å². The van der Waals surface area contributed by atoms with Crippen molar-refractivity contribution in [3.8, 4) is 11.1 Å². The smallest absolute Gasteiger partial charge is 0.367 e. The summed E-state index contributed by atoms with van der Waals surface area (Å²) in [4.78, 5) is 32.7. The summed E-state index contributed by atoms with van der Waals surface area (Å²) in [5.41, 5.74) is -1.82. The third-order valence-corrected chi connectivity index (χ3v) is 6.42. The molecule has 2 aromatic heterocycles. The molecule has 1 aliphatic rings. The Hall–Kier alpha value is -3.44. The van der Waals surface area contributed by atoms with E-state index in [9.17, 15) is 22.8 Å². The summed E-state index contributed by atoms with van der Waals surface area (Å²) in [6.07, 6.45) is -2.81. The van der Waals surface area contributed by atoms with E-state index < -0.39 is 34.6 Å². The van der Waals surface area contributed by atoms with E-state index >= 15 is 4.39 Å². The van der Waals surface area contributed by atoms with Gasteiger partial charge in [-0.2, -0.15) is 13.2 Å². The Balaban J connectivity index is 1.83. The quantitative estimate of drug-likeness (QED) is 0.408. The Labute approximate surface area is 214 Å². The predicted octanol–water partition coefficient (Wildman–Crippen LogP) is 5.00. The SMILES string of the molecule is Cc1ncc(-c2cc(NC(=O)c3c[nH]c(=O)cc3C(F)(F)F)c(N3CC(C)N[C@@H](C)C3)cc2F)cc1Cl. The number of hydrogen-bond donors (Lipinski definition) is 3. The number of pyridine rings is 2. The Bertz CT molecular complexity index is 1400. The van der Waals surface area contributed by atoms with Gasteiger partial charge in [0.1, 0.15) is 5.82 Å². The highest BCUT2D eigenvalue weighted by Gasteiger charge is 2.36. The fourth-order valence-electron chi connectivity index (χ4n) is 4.41. The summed E-state index contributed by atoms with van der Waals surface area (Å²) in [5.74, 6) is -1.73. The van der Waals surface area contributed by atoms with Gasteiger partial charge in [0.25, 0.3) is 5.91 Å². The minimum absolute atomic E-state index is 0.0335. The minimum Gasteiger partial charge on any atom is -0.367 e. The number of H-pyrrole nitrogens is 1. The van der Waals surface area contributed by atoms with Crippen molar-refractivity contribution in [3.05, 3.63) is 74.7 Å². The zero-order valence-corrected chi connectivity index (χ0v) is 20.9. The molecule has 1 fully saturated rings. The second kappa shape index (κ2) is 10.1. The number of halogens is 5. The van der Waals surface area contributed by atoms with Gasteiger partial charge in [0.15, 0.2) is 0 Å². The fourth-order valence-corrected chi connectivity index (χ4v) is 4.57. The van der Waals surface area contributed by atoms with Gasteiger partial charge in [-0.05, 0) is 39.0 Å². The van der Waals surface area contributed by atoms with Crippen LogP contribution in [0.4, 0.5) is 28.9 Å². The number of aromatic amines is 1. The monoisotopic (exact) mass is 537 g/mol. The van der Waals surface area contributed by atoms with Crippen LogP contribution >= 0.6 is 11.6 Å². The molecule has 1 aliphatic heterocycles. The third kappa shape index (κ3) is 5.78. The first kappa shape index (κ1) is 26.6. The minimum atomic E-state index is -4.94. The standard InChI is InChI=1S/C25H24ClF4N5O2/c1-12-10-35(11-13(2)33-12)22-7-20(27)16(15-4-19(26)14(3)31-8-15)5-21(22)34-24(37)17-9-32-23(36)6-18(17)25(28,29)30/h4-9,12-13,33H,10-11H2,1-3H3,(H,32,36)(H,34,37)/t12-,13?/m0/s1. The van der Waals surface area contributed by atoms with Gasteiger partial charge in [0.05, 0.1) is 33.2 Å². The molecule has 7 nitrogen and oxygen atoms in total. The highest BCUT2D eigenvalue weighted by Crippen LogP contribution is 2.37. The van der Waals surface area contributed by atoms with Gasteiger partial charge in [0.2, 0.25) is 5.56 Å². The summed E-state index contributed by atoms with van der Waals surface area (Å²) in [7, 11) is 0. The number of carbonyl (C=O) groups excluding carboxylic acids is 1. The van der Waals surface area contributed by atoms with Gasteiger partial charge >= 0.3 is 6.18 Å². The normalized spacial score (nSPS) is 18.1. The second-order valence-electron chi connectivity index (χ2n) is 9.09. The summed E-state index contributed by atoms with van der Waals surface area (Å²) in [6, 6.07) is 4.50. The Morgan fingerprint density at radius 1 is 1.16 bits per heavy atom. The molecule has 3 heterocycles. The molecule has 3 aromatic rings. The number of aromatic nitrogens is 2. The number of aryl methyl sites for hydroxylation is 1. The number of amides is 1. The molecule has 1 aromatic carbocycles. The first-order valence-corrected chi connectivity index (χ1v) is 11.8. The van der Waals surface area contributed by atoms with Crippen molar-refractivity contribution in [2.24, 2.45) is 0 Å². The Morgan fingerprint density at radius 3 is 2.46 bits per heavy atom.